The summed E-state index contributed by atoms with van der Waals surface area (Å²) < 4.78 is 0. The van der Waals surface area contributed by atoms with E-state index in [1.807, 2.05) is 0 Å². The van der Waals surface area contributed by atoms with Gasteiger partial charge in [0.05, 0.1) is 12.6 Å². The Labute approximate surface area is 102 Å². The van der Waals surface area contributed by atoms with E-state index >= 15 is 0 Å². The van der Waals surface area contributed by atoms with Crippen molar-refractivity contribution in [2.75, 3.05) is 13.1 Å². The second-order valence-corrected chi connectivity index (χ2v) is 5.17. The minimum absolute atomic E-state index is 0.358. The normalized spacial score (nSPS) is 23.9. The molecule has 0 bridgehead atoms. The van der Waals surface area contributed by atoms with E-state index in [1.165, 1.54) is 24.0 Å². The van der Waals surface area contributed by atoms with Gasteiger partial charge >= 0.3 is 0 Å². The van der Waals surface area contributed by atoms with Gasteiger partial charge in [-0.05, 0) is 36.8 Å². The van der Waals surface area contributed by atoms with Gasteiger partial charge in [-0.15, -0.1) is 0 Å². The summed E-state index contributed by atoms with van der Waals surface area (Å²) in [6.45, 7) is 4.05. The third kappa shape index (κ3) is 2.02. The second-order valence-electron chi connectivity index (χ2n) is 5.17. The standard InChI is InChI=1S/C14H19N3/c1-10-4-2-3-5-12(10)13-8-16-14(15)17(13)9-11-6-7-11/h2-5,11,13H,6-9H2,1H3,(H2,15,16). The molecule has 1 aliphatic heterocycles. The highest BCUT2D eigenvalue weighted by atomic mass is 15.3. The molecule has 2 N–H and O–H groups in total. The van der Waals surface area contributed by atoms with E-state index in [0.717, 1.165) is 25.0 Å². The van der Waals surface area contributed by atoms with Crippen LogP contribution in [0.15, 0.2) is 29.3 Å². The van der Waals surface area contributed by atoms with Crippen LogP contribution in [0, 0.1) is 12.8 Å². The monoisotopic (exact) mass is 229 g/mol. The fourth-order valence-corrected chi connectivity index (χ4v) is 2.56. The van der Waals surface area contributed by atoms with Gasteiger partial charge in [-0.25, -0.2) is 0 Å². The molecule has 1 aromatic rings. The molecule has 1 fully saturated rings. The van der Waals surface area contributed by atoms with Crippen LogP contribution in [-0.2, 0) is 0 Å². The van der Waals surface area contributed by atoms with Crippen LogP contribution < -0.4 is 5.73 Å². The topological polar surface area (TPSA) is 41.6 Å². The van der Waals surface area contributed by atoms with Crippen LogP contribution in [-0.4, -0.2) is 23.9 Å². The van der Waals surface area contributed by atoms with Crippen LogP contribution in [0.1, 0.15) is 30.0 Å². The Hall–Kier alpha value is -1.51. The number of hydrogen-bond donors (Lipinski definition) is 1. The Morgan fingerprint density at radius 2 is 2.12 bits per heavy atom. The van der Waals surface area contributed by atoms with Crippen LogP contribution in [0.2, 0.25) is 0 Å². The van der Waals surface area contributed by atoms with E-state index in [2.05, 4.69) is 41.1 Å². The summed E-state index contributed by atoms with van der Waals surface area (Å²) in [5.74, 6) is 1.57. The number of rotatable bonds is 3. The molecule has 1 unspecified atom stereocenters. The molecule has 0 amide bonds. The summed E-state index contributed by atoms with van der Waals surface area (Å²) in [5, 5.41) is 0. The van der Waals surface area contributed by atoms with E-state index in [9.17, 15) is 0 Å². The lowest BCUT2D eigenvalue weighted by molar-refractivity contribution is 0.333. The first-order chi connectivity index (χ1) is 8.25. The molecule has 0 saturated heterocycles. The Balaban J connectivity index is 1.84. The molecule has 2 aliphatic rings. The van der Waals surface area contributed by atoms with Gasteiger partial charge in [-0.3, -0.25) is 4.99 Å². The second kappa shape index (κ2) is 4.06. The summed E-state index contributed by atoms with van der Waals surface area (Å²) in [6, 6.07) is 8.92. The largest absolute Gasteiger partial charge is 0.370 e. The lowest BCUT2D eigenvalue weighted by atomic mass is 10.0. The maximum Gasteiger partial charge on any atom is 0.191 e. The van der Waals surface area contributed by atoms with Crippen LogP contribution >= 0.6 is 0 Å². The molecule has 3 nitrogen and oxygen atoms in total. The van der Waals surface area contributed by atoms with Crippen molar-refractivity contribution in [3.05, 3.63) is 35.4 Å². The number of benzene rings is 1. The molecule has 0 spiro atoms. The third-order valence-electron chi connectivity index (χ3n) is 3.80. The van der Waals surface area contributed by atoms with Crippen molar-refractivity contribution in [1.29, 1.82) is 0 Å². The SMILES string of the molecule is Cc1ccccc1C1CN=C(N)N1CC1CC1. The fraction of sp³-hybridized carbons (Fsp3) is 0.500. The Bertz CT molecular complexity index is 449. The highest BCUT2D eigenvalue weighted by molar-refractivity contribution is 5.80. The third-order valence-corrected chi connectivity index (χ3v) is 3.80. The van der Waals surface area contributed by atoms with Crippen molar-refractivity contribution < 1.29 is 0 Å². The number of hydrogen-bond acceptors (Lipinski definition) is 3. The summed E-state index contributed by atoms with van der Waals surface area (Å²) in [4.78, 5) is 6.71. The summed E-state index contributed by atoms with van der Waals surface area (Å²) in [6.07, 6.45) is 2.70. The number of nitrogens with zero attached hydrogens (tertiary/aromatic N) is 2. The molecule has 17 heavy (non-hydrogen) atoms. The number of guanidine groups is 1. The molecule has 90 valence electrons. The number of aryl methyl sites for hydroxylation is 1. The van der Waals surface area contributed by atoms with E-state index in [0.29, 0.717) is 6.04 Å². The first kappa shape index (κ1) is 10.6. The van der Waals surface area contributed by atoms with Gasteiger partial charge in [0.1, 0.15) is 0 Å². The molecule has 3 rings (SSSR count). The molecule has 0 aromatic heterocycles. The van der Waals surface area contributed by atoms with Gasteiger partial charge in [0, 0.05) is 6.54 Å². The lowest BCUT2D eigenvalue weighted by Crippen LogP contribution is -2.37. The zero-order valence-electron chi connectivity index (χ0n) is 10.3. The van der Waals surface area contributed by atoms with Crippen molar-refractivity contribution in [3.63, 3.8) is 0 Å². The van der Waals surface area contributed by atoms with Gasteiger partial charge < -0.3 is 10.6 Å². The Morgan fingerprint density at radius 1 is 1.35 bits per heavy atom. The van der Waals surface area contributed by atoms with Gasteiger partial charge in [0.15, 0.2) is 5.96 Å². The molecule has 1 heterocycles. The maximum atomic E-state index is 6.01. The molecular weight excluding hydrogens is 210 g/mol. The maximum absolute atomic E-state index is 6.01. The molecule has 1 saturated carbocycles. The average molecular weight is 229 g/mol. The zero-order valence-corrected chi connectivity index (χ0v) is 10.3. The van der Waals surface area contributed by atoms with Gasteiger partial charge in [0.2, 0.25) is 0 Å². The minimum atomic E-state index is 0.358. The van der Waals surface area contributed by atoms with Crippen LogP contribution in [0.5, 0.6) is 0 Å². The van der Waals surface area contributed by atoms with Crippen LogP contribution in [0.4, 0.5) is 0 Å². The molecule has 0 radical (unpaired) electrons. The van der Waals surface area contributed by atoms with Gasteiger partial charge in [0.25, 0.3) is 0 Å². The van der Waals surface area contributed by atoms with Crippen molar-refractivity contribution in [2.45, 2.75) is 25.8 Å². The van der Waals surface area contributed by atoms with Crippen molar-refractivity contribution in [3.8, 4) is 0 Å². The molecule has 1 aromatic carbocycles. The molecular formula is C14H19N3. The summed E-state index contributed by atoms with van der Waals surface area (Å²) in [5.41, 5.74) is 8.72. The van der Waals surface area contributed by atoms with Crippen molar-refractivity contribution >= 4 is 5.96 Å². The first-order valence-corrected chi connectivity index (χ1v) is 6.38. The smallest absolute Gasteiger partial charge is 0.191 e. The van der Waals surface area contributed by atoms with Gasteiger partial charge in [-0.1, -0.05) is 24.3 Å². The van der Waals surface area contributed by atoms with E-state index in [1.54, 1.807) is 0 Å². The lowest BCUT2D eigenvalue weighted by Gasteiger charge is -2.27. The molecule has 1 atom stereocenters. The summed E-state index contributed by atoms with van der Waals surface area (Å²) >= 11 is 0. The quantitative estimate of drug-likeness (QED) is 0.862. The zero-order chi connectivity index (χ0) is 11.8. The van der Waals surface area contributed by atoms with Crippen LogP contribution in [0.25, 0.3) is 0 Å². The van der Waals surface area contributed by atoms with Crippen molar-refractivity contribution in [1.82, 2.24) is 4.90 Å². The minimum Gasteiger partial charge on any atom is -0.370 e. The highest BCUT2D eigenvalue weighted by Crippen LogP contribution is 2.35. The summed E-state index contributed by atoms with van der Waals surface area (Å²) in [7, 11) is 0. The van der Waals surface area contributed by atoms with E-state index in [4.69, 9.17) is 5.73 Å². The van der Waals surface area contributed by atoms with E-state index < -0.39 is 0 Å². The fourth-order valence-electron chi connectivity index (χ4n) is 2.56. The highest BCUT2D eigenvalue weighted by Gasteiger charge is 2.33. The molecule has 1 aliphatic carbocycles. The van der Waals surface area contributed by atoms with Crippen molar-refractivity contribution in [2.24, 2.45) is 16.6 Å². The average Bonchev–Trinajstić information content (AvgIpc) is 3.06. The number of aliphatic imine (C=N–C) groups is 1. The Kier molecular flexibility index (Phi) is 2.54. The molecule has 3 heteroatoms. The van der Waals surface area contributed by atoms with Crippen LogP contribution in [0.3, 0.4) is 0 Å². The van der Waals surface area contributed by atoms with E-state index in [-0.39, 0.29) is 0 Å². The predicted molar refractivity (Wildman–Crippen MR) is 69.8 cm³/mol. The van der Waals surface area contributed by atoms with Gasteiger partial charge in [-0.2, -0.15) is 0 Å². The first-order valence-electron chi connectivity index (χ1n) is 6.38. The predicted octanol–water partition coefficient (Wildman–Crippen LogP) is 2.08. The number of nitrogens with two attached hydrogens (primary N) is 1. The Morgan fingerprint density at radius 3 is 2.82 bits per heavy atom.